The topological polar surface area (TPSA) is 52.1 Å². The summed E-state index contributed by atoms with van der Waals surface area (Å²) in [7, 11) is 0. The Hall–Kier alpha value is -1.46. The van der Waals surface area contributed by atoms with Crippen molar-refractivity contribution in [2.75, 3.05) is 0 Å². The molecule has 0 saturated carbocycles. The highest BCUT2D eigenvalue weighted by molar-refractivity contribution is 7.10. The van der Waals surface area contributed by atoms with Gasteiger partial charge in [-0.2, -0.15) is 0 Å². The average molecular weight is 283 g/mol. The van der Waals surface area contributed by atoms with Crippen LogP contribution in [0.25, 0.3) is 0 Å². The lowest BCUT2D eigenvalue weighted by atomic mass is 10.1. The molecule has 94 valence electrons. The normalized spacial score (nSPS) is 10.4. The largest absolute Gasteiger partial charge is 0.455 e. The molecule has 0 aliphatic heterocycles. The van der Waals surface area contributed by atoms with Gasteiger partial charge in [0.1, 0.15) is 16.6 Å². The smallest absolute Gasteiger partial charge is 0.338 e. The van der Waals surface area contributed by atoms with Crippen molar-refractivity contribution in [1.82, 2.24) is 9.59 Å². The van der Waals surface area contributed by atoms with Gasteiger partial charge in [-0.3, -0.25) is 0 Å². The Kier molecular flexibility index (Phi) is 3.93. The number of esters is 1. The first-order valence-corrected chi connectivity index (χ1v) is 6.44. The SMILES string of the molecule is Cc1ccc(C)c(C(=O)OCc2nnsc2Cl)c1. The quantitative estimate of drug-likeness (QED) is 0.812. The Labute approximate surface area is 114 Å². The minimum absolute atomic E-state index is 0.0432. The monoisotopic (exact) mass is 282 g/mol. The van der Waals surface area contributed by atoms with Crippen molar-refractivity contribution in [1.29, 1.82) is 0 Å². The van der Waals surface area contributed by atoms with Crippen LogP contribution in [0.2, 0.25) is 4.34 Å². The van der Waals surface area contributed by atoms with Crippen LogP contribution in [0.1, 0.15) is 27.2 Å². The number of halogens is 1. The van der Waals surface area contributed by atoms with Crippen molar-refractivity contribution in [2.24, 2.45) is 0 Å². The number of hydrogen-bond acceptors (Lipinski definition) is 5. The van der Waals surface area contributed by atoms with Crippen LogP contribution in [-0.4, -0.2) is 15.6 Å². The van der Waals surface area contributed by atoms with Gasteiger partial charge in [0, 0.05) is 11.5 Å². The fourth-order valence-electron chi connectivity index (χ4n) is 1.45. The van der Waals surface area contributed by atoms with Crippen LogP contribution in [0.4, 0.5) is 0 Å². The zero-order chi connectivity index (χ0) is 13.1. The third kappa shape index (κ3) is 2.86. The van der Waals surface area contributed by atoms with E-state index < -0.39 is 0 Å². The van der Waals surface area contributed by atoms with Crippen LogP contribution in [0.3, 0.4) is 0 Å². The van der Waals surface area contributed by atoms with Crippen LogP contribution in [0, 0.1) is 13.8 Å². The van der Waals surface area contributed by atoms with Crippen molar-refractivity contribution >= 4 is 29.1 Å². The highest BCUT2D eigenvalue weighted by Crippen LogP contribution is 2.19. The molecule has 0 saturated heterocycles. The summed E-state index contributed by atoms with van der Waals surface area (Å²) in [6, 6.07) is 5.65. The molecule has 0 spiro atoms. The lowest BCUT2D eigenvalue weighted by Gasteiger charge is -2.06. The summed E-state index contributed by atoms with van der Waals surface area (Å²) in [4.78, 5) is 11.9. The number of carbonyl (C=O) groups is 1. The van der Waals surface area contributed by atoms with E-state index in [0.29, 0.717) is 15.6 Å². The van der Waals surface area contributed by atoms with E-state index in [9.17, 15) is 4.79 Å². The molecule has 1 aromatic heterocycles. The van der Waals surface area contributed by atoms with Crippen molar-refractivity contribution in [3.05, 3.63) is 44.9 Å². The molecule has 6 heteroatoms. The summed E-state index contributed by atoms with van der Waals surface area (Å²) in [5.74, 6) is -0.375. The first kappa shape index (κ1) is 13.0. The second-order valence-corrected chi connectivity index (χ2v) is 5.24. The Balaban J connectivity index is 2.08. The molecular weight excluding hydrogens is 272 g/mol. The first-order chi connectivity index (χ1) is 8.58. The zero-order valence-electron chi connectivity index (χ0n) is 9.94. The lowest BCUT2D eigenvalue weighted by molar-refractivity contribution is 0.0467. The van der Waals surface area contributed by atoms with Gasteiger partial charge in [0.2, 0.25) is 0 Å². The molecule has 0 unspecified atom stereocenters. The number of aryl methyl sites for hydroxylation is 2. The Morgan fingerprint density at radius 2 is 2.22 bits per heavy atom. The van der Waals surface area contributed by atoms with Gasteiger partial charge in [0.05, 0.1) is 5.56 Å². The molecule has 0 aliphatic rings. The van der Waals surface area contributed by atoms with Gasteiger partial charge in [-0.1, -0.05) is 33.8 Å². The molecular formula is C12H11ClN2O2S. The number of benzene rings is 1. The van der Waals surface area contributed by atoms with Gasteiger partial charge >= 0.3 is 5.97 Å². The minimum atomic E-state index is -0.375. The van der Waals surface area contributed by atoms with E-state index in [1.807, 2.05) is 26.0 Å². The number of carbonyl (C=O) groups excluding carboxylic acids is 1. The van der Waals surface area contributed by atoms with Gasteiger partial charge in [-0.05, 0) is 25.5 Å². The number of rotatable bonds is 3. The van der Waals surface area contributed by atoms with Gasteiger partial charge in [0.25, 0.3) is 0 Å². The van der Waals surface area contributed by atoms with E-state index in [4.69, 9.17) is 16.3 Å². The maximum absolute atomic E-state index is 11.9. The second kappa shape index (κ2) is 5.46. The van der Waals surface area contributed by atoms with Gasteiger partial charge in [0.15, 0.2) is 0 Å². The zero-order valence-corrected chi connectivity index (χ0v) is 11.5. The molecule has 1 heterocycles. The highest BCUT2D eigenvalue weighted by atomic mass is 35.5. The molecule has 2 aromatic rings. The van der Waals surface area contributed by atoms with Gasteiger partial charge in [-0.15, -0.1) is 5.10 Å². The van der Waals surface area contributed by atoms with Crippen LogP contribution < -0.4 is 0 Å². The maximum Gasteiger partial charge on any atom is 0.338 e. The van der Waals surface area contributed by atoms with Crippen molar-refractivity contribution < 1.29 is 9.53 Å². The summed E-state index contributed by atoms with van der Waals surface area (Å²) >= 11 is 6.90. The third-order valence-electron chi connectivity index (χ3n) is 2.46. The predicted molar refractivity (Wildman–Crippen MR) is 70.0 cm³/mol. The van der Waals surface area contributed by atoms with E-state index in [0.717, 1.165) is 22.7 Å². The summed E-state index contributed by atoms with van der Waals surface area (Å²) in [5.41, 5.74) is 2.95. The summed E-state index contributed by atoms with van der Waals surface area (Å²) in [6.45, 7) is 3.84. The first-order valence-electron chi connectivity index (χ1n) is 5.29. The number of hydrogen-bond donors (Lipinski definition) is 0. The van der Waals surface area contributed by atoms with E-state index in [1.54, 1.807) is 6.07 Å². The van der Waals surface area contributed by atoms with E-state index in [2.05, 4.69) is 9.59 Å². The van der Waals surface area contributed by atoms with Gasteiger partial charge < -0.3 is 4.74 Å². The Morgan fingerprint density at radius 1 is 1.44 bits per heavy atom. The number of ether oxygens (including phenoxy) is 1. The predicted octanol–water partition coefficient (Wildman–Crippen LogP) is 3.17. The lowest BCUT2D eigenvalue weighted by Crippen LogP contribution is -2.07. The van der Waals surface area contributed by atoms with Crippen molar-refractivity contribution in [2.45, 2.75) is 20.5 Å². The van der Waals surface area contributed by atoms with E-state index in [-0.39, 0.29) is 12.6 Å². The van der Waals surface area contributed by atoms with E-state index >= 15 is 0 Å². The molecule has 0 amide bonds. The second-order valence-electron chi connectivity index (χ2n) is 3.89. The van der Waals surface area contributed by atoms with Crippen LogP contribution in [-0.2, 0) is 11.3 Å². The molecule has 18 heavy (non-hydrogen) atoms. The Bertz CT molecular complexity index is 583. The standard InChI is InChI=1S/C12H11ClN2O2S/c1-7-3-4-8(2)9(5-7)12(16)17-6-10-11(13)18-15-14-10/h3-5H,6H2,1-2H3. The molecule has 1 aromatic carbocycles. The molecule has 0 atom stereocenters. The number of nitrogens with zero attached hydrogens (tertiary/aromatic N) is 2. The molecule has 0 fully saturated rings. The fourth-order valence-corrected chi connectivity index (χ4v) is 2.05. The maximum atomic E-state index is 11.9. The minimum Gasteiger partial charge on any atom is -0.455 e. The third-order valence-corrected chi connectivity index (χ3v) is 3.45. The summed E-state index contributed by atoms with van der Waals surface area (Å²) in [6.07, 6.45) is 0. The average Bonchev–Trinajstić information content (AvgIpc) is 2.75. The van der Waals surface area contributed by atoms with Crippen LogP contribution >= 0.6 is 23.1 Å². The van der Waals surface area contributed by atoms with Crippen molar-refractivity contribution in [3.8, 4) is 0 Å². The van der Waals surface area contributed by atoms with Crippen molar-refractivity contribution in [3.63, 3.8) is 0 Å². The summed E-state index contributed by atoms with van der Waals surface area (Å²) in [5, 5.41) is 3.78. The molecule has 4 nitrogen and oxygen atoms in total. The molecule has 0 bridgehead atoms. The fraction of sp³-hybridized carbons (Fsp3) is 0.250. The summed E-state index contributed by atoms with van der Waals surface area (Å²) < 4.78 is 9.29. The number of aromatic nitrogens is 2. The highest BCUT2D eigenvalue weighted by Gasteiger charge is 2.13. The molecule has 2 rings (SSSR count). The van der Waals surface area contributed by atoms with E-state index in [1.165, 1.54) is 0 Å². The Morgan fingerprint density at radius 3 is 2.89 bits per heavy atom. The molecule has 0 N–H and O–H groups in total. The molecule has 0 radical (unpaired) electrons. The van der Waals surface area contributed by atoms with Gasteiger partial charge in [-0.25, -0.2) is 4.79 Å². The molecule has 0 aliphatic carbocycles. The van der Waals surface area contributed by atoms with Crippen LogP contribution in [0.15, 0.2) is 18.2 Å². The van der Waals surface area contributed by atoms with Crippen LogP contribution in [0.5, 0.6) is 0 Å².